The zero-order valence-electron chi connectivity index (χ0n) is 13.7. The summed E-state index contributed by atoms with van der Waals surface area (Å²) in [5.74, 6) is -0.814. The minimum atomic E-state index is -0.814. The SMILES string of the molecule is CC(C)(C)c1ccc(-c2ccc3[nH]cc(CC(=O)O)c3c2)cc1. The molecule has 1 aromatic heterocycles. The molecule has 3 nitrogen and oxygen atoms in total. The summed E-state index contributed by atoms with van der Waals surface area (Å²) in [7, 11) is 0. The Bertz CT molecular complexity index is 851. The largest absolute Gasteiger partial charge is 0.481 e. The van der Waals surface area contributed by atoms with Crippen LogP contribution in [0.5, 0.6) is 0 Å². The van der Waals surface area contributed by atoms with Crippen LogP contribution in [0.3, 0.4) is 0 Å². The van der Waals surface area contributed by atoms with Gasteiger partial charge in [0.1, 0.15) is 0 Å². The number of fused-ring (bicyclic) bond motifs is 1. The minimum Gasteiger partial charge on any atom is -0.481 e. The maximum atomic E-state index is 11.0. The van der Waals surface area contributed by atoms with Gasteiger partial charge in [0, 0.05) is 17.1 Å². The molecule has 1 heterocycles. The topological polar surface area (TPSA) is 53.1 Å². The Balaban J connectivity index is 2.01. The number of nitrogens with one attached hydrogen (secondary N) is 1. The van der Waals surface area contributed by atoms with Crippen molar-refractivity contribution in [3.05, 3.63) is 59.8 Å². The van der Waals surface area contributed by atoms with Gasteiger partial charge in [0.15, 0.2) is 0 Å². The van der Waals surface area contributed by atoms with Crippen molar-refractivity contribution in [2.24, 2.45) is 0 Å². The number of aromatic amines is 1. The first-order chi connectivity index (χ1) is 10.8. The van der Waals surface area contributed by atoms with E-state index in [0.29, 0.717) is 0 Å². The number of rotatable bonds is 3. The molecular formula is C20H21NO2. The summed E-state index contributed by atoms with van der Waals surface area (Å²) >= 11 is 0. The highest BCUT2D eigenvalue weighted by Gasteiger charge is 2.13. The van der Waals surface area contributed by atoms with Crippen molar-refractivity contribution in [3.8, 4) is 11.1 Å². The summed E-state index contributed by atoms with van der Waals surface area (Å²) in [5, 5.41) is 10.0. The second-order valence-electron chi connectivity index (χ2n) is 6.97. The fourth-order valence-electron chi connectivity index (χ4n) is 2.83. The number of hydrogen-bond donors (Lipinski definition) is 2. The number of carboxylic acids is 1. The zero-order valence-corrected chi connectivity index (χ0v) is 13.7. The number of aliphatic carboxylic acids is 1. The maximum Gasteiger partial charge on any atom is 0.307 e. The molecular weight excluding hydrogens is 286 g/mol. The van der Waals surface area contributed by atoms with Crippen LogP contribution in [0.15, 0.2) is 48.7 Å². The average molecular weight is 307 g/mol. The predicted molar refractivity (Wildman–Crippen MR) is 93.8 cm³/mol. The van der Waals surface area contributed by atoms with E-state index >= 15 is 0 Å². The third-order valence-electron chi connectivity index (χ3n) is 4.19. The van der Waals surface area contributed by atoms with Gasteiger partial charge in [-0.3, -0.25) is 4.79 Å². The number of hydrogen-bond acceptors (Lipinski definition) is 1. The summed E-state index contributed by atoms with van der Waals surface area (Å²) in [6.45, 7) is 6.60. The molecule has 2 N–H and O–H groups in total. The molecule has 3 aromatic rings. The molecule has 0 unspecified atom stereocenters. The Kier molecular flexibility index (Phi) is 3.72. The van der Waals surface area contributed by atoms with Crippen LogP contribution in [0, 0.1) is 0 Å². The monoisotopic (exact) mass is 307 g/mol. The number of H-pyrrole nitrogens is 1. The van der Waals surface area contributed by atoms with Crippen molar-refractivity contribution in [1.29, 1.82) is 0 Å². The fraction of sp³-hybridized carbons (Fsp3) is 0.250. The molecule has 0 fully saturated rings. The number of carboxylic acid groups (broad SMARTS) is 1. The van der Waals surface area contributed by atoms with E-state index in [1.165, 1.54) is 5.56 Å². The van der Waals surface area contributed by atoms with Gasteiger partial charge < -0.3 is 10.1 Å². The van der Waals surface area contributed by atoms with E-state index in [4.69, 9.17) is 5.11 Å². The van der Waals surface area contributed by atoms with E-state index in [-0.39, 0.29) is 11.8 Å². The lowest BCUT2D eigenvalue weighted by Gasteiger charge is -2.19. The molecule has 0 bridgehead atoms. The van der Waals surface area contributed by atoms with Gasteiger partial charge in [0.2, 0.25) is 0 Å². The Morgan fingerprint density at radius 2 is 1.70 bits per heavy atom. The van der Waals surface area contributed by atoms with Gasteiger partial charge in [-0.1, -0.05) is 51.1 Å². The molecule has 0 aliphatic heterocycles. The predicted octanol–water partition coefficient (Wildman–Crippen LogP) is 4.76. The van der Waals surface area contributed by atoms with E-state index in [0.717, 1.165) is 27.6 Å². The van der Waals surface area contributed by atoms with Gasteiger partial charge in [0.25, 0.3) is 0 Å². The quantitative estimate of drug-likeness (QED) is 0.733. The highest BCUT2D eigenvalue weighted by atomic mass is 16.4. The van der Waals surface area contributed by atoms with Crippen LogP contribution in [0.25, 0.3) is 22.0 Å². The van der Waals surface area contributed by atoms with E-state index < -0.39 is 5.97 Å². The lowest BCUT2D eigenvalue weighted by atomic mass is 9.86. The third-order valence-corrected chi connectivity index (χ3v) is 4.19. The van der Waals surface area contributed by atoms with Crippen molar-refractivity contribution in [2.75, 3.05) is 0 Å². The van der Waals surface area contributed by atoms with Crippen LogP contribution < -0.4 is 0 Å². The molecule has 0 radical (unpaired) electrons. The highest BCUT2D eigenvalue weighted by Crippen LogP contribution is 2.29. The van der Waals surface area contributed by atoms with Crippen molar-refractivity contribution >= 4 is 16.9 Å². The first kappa shape index (κ1) is 15.3. The molecule has 0 atom stereocenters. The van der Waals surface area contributed by atoms with Crippen LogP contribution in [0.1, 0.15) is 31.9 Å². The lowest BCUT2D eigenvalue weighted by Crippen LogP contribution is -2.10. The molecule has 0 aliphatic carbocycles. The van der Waals surface area contributed by atoms with Crippen LogP contribution >= 0.6 is 0 Å². The molecule has 3 rings (SSSR count). The number of carbonyl (C=O) groups is 1. The van der Waals surface area contributed by atoms with Gasteiger partial charge in [0.05, 0.1) is 6.42 Å². The maximum absolute atomic E-state index is 11.0. The first-order valence-electron chi connectivity index (χ1n) is 7.77. The molecule has 0 amide bonds. The van der Waals surface area contributed by atoms with Crippen molar-refractivity contribution in [3.63, 3.8) is 0 Å². The Morgan fingerprint density at radius 3 is 2.30 bits per heavy atom. The Hall–Kier alpha value is -2.55. The number of benzene rings is 2. The second kappa shape index (κ2) is 5.58. The standard InChI is InChI=1S/C20H21NO2/c1-20(2,3)16-7-4-13(5-8-16)14-6-9-18-17(10-14)15(12-21-18)11-19(22)23/h4-10,12,21H,11H2,1-3H3,(H,22,23). The van der Waals surface area contributed by atoms with Gasteiger partial charge in [-0.05, 0) is 39.8 Å². The molecule has 0 spiro atoms. The van der Waals surface area contributed by atoms with Crippen molar-refractivity contribution in [2.45, 2.75) is 32.6 Å². The molecule has 23 heavy (non-hydrogen) atoms. The Morgan fingerprint density at radius 1 is 1.04 bits per heavy atom. The minimum absolute atomic E-state index is 0.0341. The van der Waals surface area contributed by atoms with Gasteiger partial charge in [-0.25, -0.2) is 0 Å². The third kappa shape index (κ3) is 3.14. The molecule has 0 saturated carbocycles. The van der Waals surface area contributed by atoms with E-state index in [2.05, 4.69) is 62.2 Å². The lowest BCUT2D eigenvalue weighted by molar-refractivity contribution is -0.136. The number of aromatic nitrogens is 1. The summed E-state index contributed by atoms with van der Waals surface area (Å²) < 4.78 is 0. The molecule has 0 saturated heterocycles. The second-order valence-corrected chi connectivity index (χ2v) is 6.97. The highest BCUT2D eigenvalue weighted by molar-refractivity contribution is 5.90. The summed E-state index contributed by atoms with van der Waals surface area (Å²) in [6, 6.07) is 14.7. The first-order valence-corrected chi connectivity index (χ1v) is 7.77. The van der Waals surface area contributed by atoms with E-state index in [1.54, 1.807) is 6.20 Å². The van der Waals surface area contributed by atoms with Crippen LogP contribution in [0.4, 0.5) is 0 Å². The van der Waals surface area contributed by atoms with Gasteiger partial charge >= 0.3 is 5.97 Å². The molecule has 2 aromatic carbocycles. The fourth-order valence-corrected chi connectivity index (χ4v) is 2.83. The summed E-state index contributed by atoms with van der Waals surface area (Å²) in [4.78, 5) is 14.1. The summed E-state index contributed by atoms with van der Waals surface area (Å²) in [6.07, 6.45) is 1.82. The molecule has 0 aliphatic rings. The van der Waals surface area contributed by atoms with Crippen molar-refractivity contribution in [1.82, 2.24) is 4.98 Å². The smallest absolute Gasteiger partial charge is 0.307 e. The van der Waals surface area contributed by atoms with Crippen LogP contribution in [-0.4, -0.2) is 16.1 Å². The van der Waals surface area contributed by atoms with E-state index in [1.807, 2.05) is 6.07 Å². The van der Waals surface area contributed by atoms with E-state index in [9.17, 15) is 4.79 Å². The van der Waals surface area contributed by atoms with Gasteiger partial charge in [-0.15, -0.1) is 0 Å². The average Bonchev–Trinajstić information content (AvgIpc) is 2.88. The van der Waals surface area contributed by atoms with Gasteiger partial charge in [-0.2, -0.15) is 0 Å². The summed E-state index contributed by atoms with van der Waals surface area (Å²) in [5.41, 5.74) is 5.47. The zero-order chi connectivity index (χ0) is 16.6. The Labute approximate surface area is 136 Å². The molecule has 118 valence electrons. The normalized spacial score (nSPS) is 11.8. The van der Waals surface area contributed by atoms with Crippen LogP contribution in [-0.2, 0) is 16.6 Å². The van der Waals surface area contributed by atoms with Crippen LogP contribution in [0.2, 0.25) is 0 Å². The van der Waals surface area contributed by atoms with Crippen molar-refractivity contribution < 1.29 is 9.90 Å². The molecule has 3 heteroatoms.